The summed E-state index contributed by atoms with van der Waals surface area (Å²) in [6.45, 7) is 0. The third kappa shape index (κ3) is 5.38. The molecule has 3 heteroatoms. The molecule has 0 amide bonds. The van der Waals surface area contributed by atoms with Crippen LogP contribution in [0.5, 0.6) is 0 Å². The first-order chi connectivity index (χ1) is 24.3. The molecule has 0 bridgehead atoms. The molecular weight excluding hydrogens is 595 g/mol. The highest BCUT2D eigenvalue weighted by Gasteiger charge is 2.13. The molecule has 2 aromatic heterocycles. The molecule has 0 N–H and O–H groups in total. The number of hydrogen-bond donors (Lipinski definition) is 0. The second kappa shape index (κ2) is 12.2. The maximum absolute atomic E-state index is 5.08. The van der Waals surface area contributed by atoms with Crippen LogP contribution in [-0.2, 0) is 0 Å². The highest BCUT2D eigenvalue weighted by atomic mass is 15.0. The van der Waals surface area contributed by atoms with E-state index in [0.29, 0.717) is 5.82 Å². The minimum absolute atomic E-state index is 0.709. The van der Waals surface area contributed by atoms with Crippen molar-refractivity contribution in [2.45, 2.75) is 0 Å². The molecule has 0 unspecified atom stereocenters. The predicted octanol–water partition coefficient (Wildman–Crippen LogP) is 11.9. The lowest BCUT2D eigenvalue weighted by molar-refractivity contribution is 1.18. The van der Waals surface area contributed by atoms with Gasteiger partial charge in [0, 0.05) is 33.2 Å². The smallest absolute Gasteiger partial charge is 0.160 e. The second-order valence-electron chi connectivity index (χ2n) is 12.3. The summed E-state index contributed by atoms with van der Waals surface area (Å²) in [6, 6.07) is 66.1. The lowest BCUT2D eigenvalue weighted by atomic mass is 10.0. The molecule has 0 fully saturated rings. The van der Waals surface area contributed by atoms with Gasteiger partial charge in [-0.3, -0.25) is 0 Å². The monoisotopic (exact) mass is 625 g/mol. The van der Waals surface area contributed by atoms with Crippen molar-refractivity contribution in [3.05, 3.63) is 188 Å². The average Bonchev–Trinajstić information content (AvgIpc) is 3.53. The Hall–Kier alpha value is -6.58. The number of para-hydroxylation sites is 2. The summed E-state index contributed by atoms with van der Waals surface area (Å²) in [5, 5.41) is 2.54. The highest BCUT2D eigenvalue weighted by molar-refractivity contribution is 6.09. The van der Waals surface area contributed by atoms with Gasteiger partial charge >= 0.3 is 0 Å². The van der Waals surface area contributed by atoms with Gasteiger partial charge in [-0.05, 0) is 52.6 Å². The minimum Gasteiger partial charge on any atom is -0.309 e. The average molecular weight is 626 g/mol. The van der Waals surface area contributed by atoms with Crippen LogP contribution in [-0.4, -0.2) is 14.5 Å². The summed E-state index contributed by atoms with van der Waals surface area (Å²) in [6.07, 6.45) is 0. The van der Waals surface area contributed by atoms with Gasteiger partial charge in [0.1, 0.15) is 0 Å². The van der Waals surface area contributed by atoms with Crippen LogP contribution in [0.3, 0.4) is 0 Å². The lowest BCUT2D eigenvalue weighted by Gasteiger charge is -2.11. The molecule has 49 heavy (non-hydrogen) atoms. The summed E-state index contributed by atoms with van der Waals surface area (Å²) >= 11 is 0. The van der Waals surface area contributed by atoms with Crippen molar-refractivity contribution in [1.82, 2.24) is 14.5 Å². The Kier molecular flexibility index (Phi) is 7.14. The molecular formula is C46H31N3. The summed E-state index contributed by atoms with van der Waals surface area (Å²) < 4.78 is 2.35. The summed E-state index contributed by atoms with van der Waals surface area (Å²) in [5.41, 5.74) is 13.2. The van der Waals surface area contributed by atoms with Gasteiger partial charge < -0.3 is 4.57 Å². The van der Waals surface area contributed by atoms with Crippen molar-refractivity contribution < 1.29 is 0 Å². The Balaban J connectivity index is 1.05. The van der Waals surface area contributed by atoms with Crippen molar-refractivity contribution in [1.29, 1.82) is 0 Å². The molecule has 3 nitrogen and oxygen atoms in total. The van der Waals surface area contributed by atoms with Crippen LogP contribution < -0.4 is 0 Å². The van der Waals surface area contributed by atoms with E-state index in [1.165, 1.54) is 38.5 Å². The third-order valence-electron chi connectivity index (χ3n) is 9.27. The maximum Gasteiger partial charge on any atom is 0.160 e. The Morgan fingerprint density at radius 1 is 0.306 bits per heavy atom. The molecule has 0 radical (unpaired) electrons. The zero-order valence-electron chi connectivity index (χ0n) is 26.7. The fourth-order valence-corrected chi connectivity index (χ4v) is 6.76. The van der Waals surface area contributed by atoms with Crippen molar-refractivity contribution in [3.8, 4) is 61.8 Å². The number of aromatic nitrogens is 3. The molecule has 0 spiro atoms. The highest BCUT2D eigenvalue weighted by Crippen LogP contribution is 2.34. The van der Waals surface area contributed by atoms with E-state index in [4.69, 9.17) is 9.97 Å². The quantitative estimate of drug-likeness (QED) is 0.184. The molecule has 0 aliphatic carbocycles. The van der Waals surface area contributed by atoms with Gasteiger partial charge in [-0.15, -0.1) is 0 Å². The summed E-state index contributed by atoms with van der Waals surface area (Å²) in [4.78, 5) is 10.1. The van der Waals surface area contributed by atoms with E-state index in [0.717, 1.165) is 39.3 Å². The normalized spacial score (nSPS) is 11.3. The Labute approximate surface area is 285 Å². The molecule has 0 aliphatic heterocycles. The fourth-order valence-electron chi connectivity index (χ4n) is 6.76. The fraction of sp³-hybridized carbons (Fsp3) is 0. The van der Waals surface area contributed by atoms with E-state index in [2.05, 4.69) is 168 Å². The van der Waals surface area contributed by atoms with Crippen molar-refractivity contribution in [3.63, 3.8) is 0 Å². The number of hydrogen-bond acceptors (Lipinski definition) is 2. The molecule has 9 rings (SSSR count). The zero-order chi connectivity index (χ0) is 32.6. The Morgan fingerprint density at radius 3 is 1.20 bits per heavy atom. The molecule has 230 valence electrons. The minimum atomic E-state index is 0.709. The van der Waals surface area contributed by atoms with Crippen molar-refractivity contribution in [2.75, 3.05) is 0 Å². The molecule has 2 heterocycles. The van der Waals surface area contributed by atoms with E-state index < -0.39 is 0 Å². The van der Waals surface area contributed by atoms with Crippen LogP contribution in [0.15, 0.2) is 188 Å². The van der Waals surface area contributed by atoms with Crippen LogP contribution in [0.2, 0.25) is 0 Å². The second-order valence-corrected chi connectivity index (χ2v) is 12.3. The van der Waals surface area contributed by atoms with E-state index in [1.54, 1.807) is 0 Å². The standard InChI is InChI=1S/C46H31N3/c1-3-11-32(12-4-1)33-21-25-38(26-22-33)46-47-42(36-13-5-2-6-14-36)31-43(48-46)37-23-19-34(20-24-37)35-27-29-39(30-28-35)49-44-17-9-7-15-40(44)41-16-8-10-18-45(41)49/h1-31H. The molecule has 0 atom stereocenters. The first kappa shape index (κ1) is 28.6. The van der Waals surface area contributed by atoms with Crippen LogP contribution in [0.4, 0.5) is 0 Å². The number of nitrogens with zero attached hydrogens (tertiary/aromatic N) is 3. The number of rotatable bonds is 6. The van der Waals surface area contributed by atoms with E-state index >= 15 is 0 Å². The van der Waals surface area contributed by atoms with Gasteiger partial charge in [-0.2, -0.15) is 0 Å². The topological polar surface area (TPSA) is 30.7 Å². The Morgan fingerprint density at radius 2 is 0.673 bits per heavy atom. The largest absolute Gasteiger partial charge is 0.309 e. The summed E-state index contributed by atoms with van der Waals surface area (Å²) in [7, 11) is 0. The van der Waals surface area contributed by atoms with Gasteiger partial charge in [0.05, 0.1) is 22.4 Å². The number of benzene rings is 7. The molecule has 7 aromatic carbocycles. The lowest BCUT2D eigenvalue weighted by Crippen LogP contribution is -1.96. The maximum atomic E-state index is 5.08. The van der Waals surface area contributed by atoms with E-state index in [9.17, 15) is 0 Å². The van der Waals surface area contributed by atoms with Crippen molar-refractivity contribution >= 4 is 21.8 Å². The van der Waals surface area contributed by atoms with Gasteiger partial charge in [-0.25, -0.2) is 9.97 Å². The van der Waals surface area contributed by atoms with Crippen LogP contribution in [0.1, 0.15) is 0 Å². The molecule has 0 saturated carbocycles. The van der Waals surface area contributed by atoms with Crippen LogP contribution >= 0.6 is 0 Å². The Bertz CT molecular complexity index is 2500. The molecule has 9 aromatic rings. The van der Waals surface area contributed by atoms with Gasteiger partial charge in [-0.1, -0.05) is 158 Å². The third-order valence-corrected chi connectivity index (χ3v) is 9.27. The van der Waals surface area contributed by atoms with Crippen LogP contribution in [0, 0.1) is 0 Å². The van der Waals surface area contributed by atoms with Crippen molar-refractivity contribution in [2.24, 2.45) is 0 Å². The van der Waals surface area contributed by atoms with E-state index in [1.807, 2.05) is 24.3 Å². The van der Waals surface area contributed by atoms with Gasteiger partial charge in [0.2, 0.25) is 0 Å². The van der Waals surface area contributed by atoms with E-state index in [-0.39, 0.29) is 0 Å². The SMILES string of the molecule is c1ccc(-c2ccc(-c3nc(-c4ccccc4)cc(-c4ccc(-c5ccc(-n6c7ccccc7c7ccccc76)cc5)cc4)n3)cc2)cc1. The first-order valence-electron chi connectivity index (χ1n) is 16.6. The predicted molar refractivity (Wildman–Crippen MR) is 204 cm³/mol. The molecule has 0 aliphatic rings. The zero-order valence-corrected chi connectivity index (χ0v) is 26.7. The number of fused-ring (bicyclic) bond motifs is 3. The van der Waals surface area contributed by atoms with Gasteiger partial charge in [0.15, 0.2) is 5.82 Å². The van der Waals surface area contributed by atoms with Gasteiger partial charge in [0.25, 0.3) is 0 Å². The summed E-state index contributed by atoms with van der Waals surface area (Å²) in [5.74, 6) is 0.709. The molecule has 0 saturated heterocycles. The first-order valence-corrected chi connectivity index (χ1v) is 16.6. The van der Waals surface area contributed by atoms with Crippen LogP contribution in [0.25, 0.3) is 83.6 Å².